The molecule has 0 spiro atoms. The summed E-state index contributed by atoms with van der Waals surface area (Å²) < 4.78 is 0. The van der Waals surface area contributed by atoms with E-state index in [2.05, 4.69) is 28.8 Å². The van der Waals surface area contributed by atoms with E-state index >= 15 is 0 Å². The second-order valence-electron chi connectivity index (χ2n) is 4.73. The molecule has 0 aliphatic carbocycles. The van der Waals surface area contributed by atoms with Crippen molar-refractivity contribution in [2.75, 3.05) is 18.4 Å². The van der Waals surface area contributed by atoms with Crippen LogP contribution in [0.3, 0.4) is 0 Å². The van der Waals surface area contributed by atoms with Gasteiger partial charge in [0.2, 0.25) is 5.91 Å². The van der Waals surface area contributed by atoms with E-state index in [1.165, 1.54) is 23.2 Å². The SMILES string of the molecule is NC(=O)CCCNCc1cccc2c1NCCC2. The molecule has 0 atom stereocenters. The highest BCUT2D eigenvalue weighted by molar-refractivity contribution is 5.73. The van der Waals surface area contributed by atoms with Crippen molar-refractivity contribution in [2.24, 2.45) is 5.73 Å². The van der Waals surface area contributed by atoms with Crippen molar-refractivity contribution in [3.63, 3.8) is 0 Å². The van der Waals surface area contributed by atoms with Crippen LogP contribution in [0.2, 0.25) is 0 Å². The fourth-order valence-corrected chi connectivity index (χ4v) is 2.34. The van der Waals surface area contributed by atoms with E-state index < -0.39 is 0 Å². The van der Waals surface area contributed by atoms with Gasteiger partial charge in [0.05, 0.1) is 0 Å². The number of fused-ring (bicyclic) bond motifs is 1. The van der Waals surface area contributed by atoms with E-state index in [1.54, 1.807) is 0 Å². The molecule has 0 radical (unpaired) electrons. The third kappa shape index (κ3) is 3.47. The van der Waals surface area contributed by atoms with Crippen LogP contribution in [0.15, 0.2) is 18.2 Å². The monoisotopic (exact) mass is 247 g/mol. The molecule has 98 valence electrons. The lowest BCUT2D eigenvalue weighted by molar-refractivity contribution is -0.118. The Bertz CT molecular complexity index is 418. The summed E-state index contributed by atoms with van der Waals surface area (Å²) in [5.74, 6) is -0.226. The number of nitrogens with one attached hydrogen (secondary N) is 2. The topological polar surface area (TPSA) is 67.2 Å². The normalized spacial score (nSPS) is 13.8. The zero-order valence-corrected chi connectivity index (χ0v) is 10.7. The Morgan fingerprint density at radius 2 is 2.33 bits per heavy atom. The standard InChI is InChI=1S/C14H21N3O/c15-13(18)7-3-8-16-10-12-5-1-4-11-6-2-9-17-14(11)12/h1,4-5,16-17H,2-3,6-10H2,(H2,15,18). The Balaban J connectivity index is 1.84. The number of para-hydroxylation sites is 1. The summed E-state index contributed by atoms with van der Waals surface area (Å²) >= 11 is 0. The molecule has 1 aromatic carbocycles. The molecular formula is C14H21N3O. The summed E-state index contributed by atoms with van der Waals surface area (Å²) in [6.07, 6.45) is 3.64. The molecule has 18 heavy (non-hydrogen) atoms. The minimum Gasteiger partial charge on any atom is -0.385 e. The number of primary amides is 1. The van der Waals surface area contributed by atoms with E-state index in [-0.39, 0.29) is 5.91 Å². The number of hydrogen-bond acceptors (Lipinski definition) is 3. The maximum absolute atomic E-state index is 10.6. The molecule has 1 heterocycles. The van der Waals surface area contributed by atoms with Crippen LogP contribution in [-0.4, -0.2) is 19.0 Å². The molecule has 0 bridgehead atoms. The molecule has 0 saturated carbocycles. The molecule has 0 unspecified atom stereocenters. The first-order valence-corrected chi connectivity index (χ1v) is 6.61. The van der Waals surface area contributed by atoms with Crippen molar-refractivity contribution in [3.05, 3.63) is 29.3 Å². The van der Waals surface area contributed by atoms with Crippen LogP contribution in [0.5, 0.6) is 0 Å². The van der Waals surface area contributed by atoms with Crippen LogP contribution < -0.4 is 16.4 Å². The van der Waals surface area contributed by atoms with Crippen molar-refractivity contribution in [1.29, 1.82) is 0 Å². The molecule has 0 fully saturated rings. The molecule has 1 amide bonds. The molecule has 1 aliphatic heterocycles. The number of amides is 1. The Kier molecular flexibility index (Phi) is 4.59. The maximum atomic E-state index is 10.6. The van der Waals surface area contributed by atoms with Gasteiger partial charge >= 0.3 is 0 Å². The molecule has 4 heteroatoms. The van der Waals surface area contributed by atoms with E-state index in [1.807, 2.05) is 0 Å². The Hall–Kier alpha value is -1.55. The minimum absolute atomic E-state index is 0.226. The molecular weight excluding hydrogens is 226 g/mol. The number of carbonyl (C=O) groups excluding carboxylic acids is 1. The molecule has 2 rings (SSSR count). The highest BCUT2D eigenvalue weighted by Gasteiger charge is 2.11. The zero-order valence-electron chi connectivity index (χ0n) is 10.7. The third-order valence-corrected chi connectivity index (χ3v) is 3.25. The molecule has 0 aromatic heterocycles. The predicted molar refractivity (Wildman–Crippen MR) is 73.4 cm³/mol. The quantitative estimate of drug-likeness (QED) is 0.666. The Morgan fingerprint density at radius 1 is 1.44 bits per heavy atom. The summed E-state index contributed by atoms with van der Waals surface area (Å²) in [6, 6.07) is 6.46. The third-order valence-electron chi connectivity index (χ3n) is 3.25. The summed E-state index contributed by atoms with van der Waals surface area (Å²) in [5.41, 5.74) is 9.12. The number of nitrogens with two attached hydrogens (primary N) is 1. The highest BCUT2D eigenvalue weighted by Crippen LogP contribution is 2.25. The summed E-state index contributed by atoms with van der Waals surface area (Å²) in [6.45, 7) is 2.73. The Morgan fingerprint density at radius 3 is 3.17 bits per heavy atom. The number of hydrogen-bond donors (Lipinski definition) is 3. The van der Waals surface area contributed by atoms with Crippen molar-refractivity contribution in [3.8, 4) is 0 Å². The fraction of sp³-hybridized carbons (Fsp3) is 0.500. The summed E-state index contributed by atoms with van der Waals surface area (Å²) in [7, 11) is 0. The van der Waals surface area contributed by atoms with E-state index in [4.69, 9.17) is 5.73 Å². The summed E-state index contributed by atoms with van der Waals surface area (Å²) in [4.78, 5) is 10.6. The maximum Gasteiger partial charge on any atom is 0.217 e. The van der Waals surface area contributed by atoms with Crippen LogP contribution in [0, 0.1) is 0 Å². The van der Waals surface area contributed by atoms with Crippen molar-refractivity contribution < 1.29 is 4.79 Å². The van der Waals surface area contributed by atoms with Gasteiger partial charge in [-0.2, -0.15) is 0 Å². The molecule has 4 nitrogen and oxygen atoms in total. The van der Waals surface area contributed by atoms with Crippen molar-refractivity contribution in [1.82, 2.24) is 5.32 Å². The van der Waals surface area contributed by atoms with Crippen LogP contribution in [0.4, 0.5) is 5.69 Å². The predicted octanol–water partition coefficient (Wildman–Crippen LogP) is 1.40. The van der Waals surface area contributed by atoms with Gasteiger partial charge in [0.15, 0.2) is 0 Å². The van der Waals surface area contributed by atoms with Crippen LogP contribution in [0.25, 0.3) is 0 Å². The zero-order chi connectivity index (χ0) is 12.8. The van der Waals surface area contributed by atoms with Crippen molar-refractivity contribution in [2.45, 2.75) is 32.2 Å². The van der Waals surface area contributed by atoms with Crippen molar-refractivity contribution >= 4 is 11.6 Å². The van der Waals surface area contributed by atoms with Gasteiger partial charge in [-0.05, 0) is 36.9 Å². The first-order valence-electron chi connectivity index (χ1n) is 6.61. The summed E-state index contributed by atoms with van der Waals surface area (Å²) in [5, 5.41) is 6.84. The van der Waals surface area contributed by atoms with Gasteiger partial charge < -0.3 is 16.4 Å². The lowest BCUT2D eigenvalue weighted by Crippen LogP contribution is -2.20. The highest BCUT2D eigenvalue weighted by atomic mass is 16.1. The van der Waals surface area contributed by atoms with E-state index in [0.29, 0.717) is 6.42 Å². The van der Waals surface area contributed by atoms with Crippen LogP contribution >= 0.6 is 0 Å². The van der Waals surface area contributed by atoms with Gasteiger partial charge in [0.1, 0.15) is 0 Å². The average molecular weight is 247 g/mol. The number of aryl methyl sites for hydroxylation is 1. The smallest absolute Gasteiger partial charge is 0.217 e. The van der Waals surface area contributed by atoms with E-state index in [0.717, 1.165) is 32.5 Å². The number of anilines is 1. The van der Waals surface area contributed by atoms with Gasteiger partial charge in [0, 0.05) is 25.2 Å². The fourth-order valence-electron chi connectivity index (χ4n) is 2.34. The number of benzene rings is 1. The molecule has 0 saturated heterocycles. The van der Waals surface area contributed by atoms with Gasteiger partial charge in [-0.25, -0.2) is 0 Å². The van der Waals surface area contributed by atoms with Gasteiger partial charge in [-0.15, -0.1) is 0 Å². The first kappa shape index (κ1) is 12.9. The molecule has 4 N–H and O–H groups in total. The minimum atomic E-state index is -0.226. The second-order valence-corrected chi connectivity index (χ2v) is 4.73. The first-order chi connectivity index (χ1) is 8.77. The Labute approximate surface area is 108 Å². The second kappa shape index (κ2) is 6.40. The number of carbonyl (C=O) groups is 1. The average Bonchev–Trinajstić information content (AvgIpc) is 2.38. The van der Waals surface area contributed by atoms with Crippen LogP contribution in [-0.2, 0) is 17.8 Å². The lowest BCUT2D eigenvalue weighted by atomic mass is 9.99. The van der Waals surface area contributed by atoms with Gasteiger partial charge in [-0.3, -0.25) is 4.79 Å². The van der Waals surface area contributed by atoms with Gasteiger partial charge in [-0.1, -0.05) is 18.2 Å². The van der Waals surface area contributed by atoms with Crippen LogP contribution in [0.1, 0.15) is 30.4 Å². The number of rotatable bonds is 6. The molecule has 1 aromatic rings. The molecule has 1 aliphatic rings. The van der Waals surface area contributed by atoms with E-state index in [9.17, 15) is 4.79 Å². The lowest BCUT2D eigenvalue weighted by Gasteiger charge is -2.21. The van der Waals surface area contributed by atoms with Gasteiger partial charge in [0.25, 0.3) is 0 Å². The largest absolute Gasteiger partial charge is 0.385 e.